The molecule has 2 amide bonds. The van der Waals surface area contributed by atoms with Crippen LogP contribution in [-0.2, 0) is 0 Å². The maximum atomic E-state index is 12.7. The van der Waals surface area contributed by atoms with Gasteiger partial charge in [-0.15, -0.1) is 0 Å². The van der Waals surface area contributed by atoms with Crippen LogP contribution >= 0.6 is 0 Å². The third-order valence-electron chi connectivity index (χ3n) is 6.59. The van der Waals surface area contributed by atoms with Crippen LogP contribution in [0.5, 0.6) is 0 Å². The topological polar surface area (TPSA) is 72.1 Å². The van der Waals surface area contributed by atoms with Crippen molar-refractivity contribution in [2.45, 2.75) is 50.1 Å². The summed E-state index contributed by atoms with van der Waals surface area (Å²) in [4.78, 5) is 12.7. The van der Waals surface area contributed by atoms with Crippen LogP contribution in [0.3, 0.4) is 0 Å². The Hall–Kier alpha value is -2.24. The van der Waals surface area contributed by atoms with E-state index in [1.807, 2.05) is 29.1 Å². The minimum absolute atomic E-state index is 0.0325. The number of aromatic nitrogens is 2. The van der Waals surface area contributed by atoms with Gasteiger partial charge in [-0.25, -0.2) is 4.79 Å². The molecule has 2 aromatic heterocycles. The molecule has 138 valence electrons. The summed E-state index contributed by atoms with van der Waals surface area (Å²) in [6, 6.07) is 5.47. The maximum Gasteiger partial charge on any atom is 0.315 e. The van der Waals surface area contributed by atoms with Crippen molar-refractivity contribution in [1.29, 1.82) is 0 Å². The van der Waals surface area contributed by atoms with Gasteiger partial charge in [0.05, 0.1) is 6.26 Å². The number of nitrogens with zero attached hydrogens (tertiary/aromatic N) is 2. The molecule has 0 aliphatic heterocycles. The number of nitrogens with one attached hydrogen (secondary N) is 2. The predicted molar refractivity (Wildman–Crippen MR) is 96.5 cm³/mol. The van der Waals surface area contributed by atoms with Crippen molar-refractivity contribution in [1.82, 2.24) is 20.4 Å². The molecular weight excluding hydrogens is 328 g/mol. The van der Waals surface area contributed by atoms with Gasteiger partial charge in [-0.1, -0.05) is 0 Å². The van der Waals surface area contributed by atoms with Crippen LogP contribution in [0.4, 0.5) is 4.79 Å². The minimum Gasteiger partial charge on any atom is -0.467 e. The van der Waals surface area contributed by atoms with Gasteiger partial charge in [0.15, 0.2) is 0 Å². The predicted octanol–water partition coefficient (Wildman–Crippen LogP) is 3.33. The highest BCUT2D eigenvalue weighted by atomic mass is 16.3. The number of urea groups is 1. The van der Waals surface area contributed by atoms with Crippen molar-refractivity contribution in [3.63, 3.8) is 0 Å². The number of hydrogen-bond acceptors (Lipinski definition) is 3. The number of carbonyl (C=O) groups excluding carboxylic acids is 1. The molecular formula is C20H26N4O2. The molecule has 1 unspecified atom stereocenters. The highest BCUT2D eigenvalue weighted by Gasteiger charge is 2.51. The smallest absolute Gasteiger partial charge is 0.315 e. The first-order chi connectivity index (χ1) is 12.7. The standard InChI is InChI=1S/C20H26N4O2/c25-19(23-20-10-14-7-15(11-20)9-16(8-14)12-20)21-13-17(18-3-1-6-26-18)24-5-2-4-22-24/h1-6,14-17H,7-13H2,(H2,21,23,25). The zero-order valence-electron chi connectivity index (χ0n) is 14.9. The molecule has 26 heavy (non-hydrogen) atoms. The van der Waals surface area contributed by atoms with Crippen LogP contribution in [0.25, 0.3) is 0 Å². The van der Waals surface area contributed by atoms with Gasteiger partial charge < -0.3 is 15.1 Å². The van der Waals surface area contributed by atoms with E-state index in [4.69, 9.17) is 4.42 Å². The fourth-order valence-corrected chi connectivity index (χ4v) is 6.01. The largest absolute Gasteiger partial charge is 0.467 e. The van der Waals surface area contributed by atoms with E-state index in [2.05, 4.69) is 15.7 Å². The van der Waals surface area contributed by atoms with Gasteiger partial charge in [-0.3, -0.25) is 4.68 Å². The molecule has 6 rings (SSSR count). The van der Waals surface area contributed by atoms with Crippen molar-refractivity contribution < 1.29 is 9.21 Å². The van der Waals surface area contributed by atoms with Gasteiger partial charge in [0.2, 0.25) is 0 Å². The molecule has 4 fully saturated rings. The van der Waals surface area contributed by atoms with Gasteiger partial charge in [-0.2, -0.15) is 5.10 Å². The fraction of sp³-hybridized carbons (Fsp3) is 0.600. The number of hydrogen-bond donors (Lipinski definition) is 2. The summed E-state index contributed by atoms with van der Waals surface area (Å²) in [5, 5.41) is 10.7. The Balaban J connectivity index is 1.24. The van der Waals surface area contributed by atoms with Crippen LogP contribution in [0.15, 0.2) is 41.3 Å². The first kappa shape index (κ1) is 16.0. The van der Waals surface area contributed by atoms with Gasteiger partial charge >= 0.3 is 6.03 Å². The van der Waals surface area contributed by atoms with E-state index >= 15 is 0 Å². The zero-order valence-corrected chi connectivity index (χ0v) is 14.9. The highest BCUT2D eigenvalue weighted by Crippen LogP contribution is 2.55. The summed E-state index contributed by atoms with van der Waals surface area (Å²) in [5.41, 5.74) is 0.0325. The Labute approximate surface area is 153 Å². The second kappa shape index (κ2) is 6.18. The van der Waals surface area contributed by atoms with E-state index in [-0.39, 0.29) is 17.6 Å². The Morgan fingerprint density at radius 3 is 2.54 bits per heavy atom. The average Bonchev–Trinajstić information content (AvgIpc) is 3.27. The number of carbonyl (C=O) groups is 1. The Bertz CT molecular complexity index is 683. The van der Waals surface area contributed by atoms with E-state index in [0.717, 1.165) is 42.8 Å². The van der Waals surface area contributed by atoms with E-state index in [1.165, 1.54) is 19.3 Å². The van der Waals surface area contributed by atoms with Crippen LogP contribution in [0, 0.1) is 17.8 Å². The Morgan fingerprint density at radius 1 is 1.23 bits per heavy atom. The van der Waals surface area contributed by atoms with Crippen LogP contribution in [0.2, 0.25) is 0 Å². The third-order valence-corrected chi connectivity index (χ3v) is 6.59. The minimum atomic E-state index is -0.137. The van der Waals surface area contributed by atoms with Crippen LogP contribution in [0.1, 0.15) is 50.3 Å². The molecule has 0 aromatic carbocycles. The zero-order chi connectivity index (χ0) is 17.6. The number of rotatable bonds is 5. The summed E-state index contributed by atoms with van der Waals surface area (Å²) < 4.78 is 7.38. The molecule has 2 heterocycles. The molecule has 6 heteroatoms. The number of furan rings is 1. The van der Waals surface area contributed by atoms with Crippen molar-refractivity contribution in [2.75, 3.05) is 6.54 Å². The first-order valence-electron chi connectivity index (χ1n) is 9.78. The van der Waals surface area contributed by atoms with Crippen molar-refractivity contribution >= 4 is 6.03 Å². The Kier molecular flexibility index (Phi) is 3.80. The molecule has 0 saturated heterocycles. The molecule has 0 spiro atoms. The number of amides is 2. The monoisotopic (exact) mass is 354 g/mol. The second-order valence-electron chi connectivity index (χ2n) is 8.55. The lowest BCUT2D eigenvalue weighted by Gasteiger charge is -2.56. The molecule has 4 bridgehead atoms. The SMILES string of the molecule is O=C(NCC(c1ccco1)n1cccn1)NC12CC3CC(CC(C3)C1)C2. The lowest BCUT2D eigenvalue weighted by Crippen LogP contribution is -2.61. The highest BCUT2D eigenvalue weighted by molar-refractivity contribution is 5.75. The third kappa shape index (κ3) is 2.91. The van der Waals surface area contributed by atoms with Crippen molar-refractivity contribution in [2.24, 2.45) is 17.8 Å². The lowest BCUT2D eigenvalue weighted by molar-refractivity contribution is -0.0135. The molecule has 4 aliphatic carbocycles. The van der Waals surface area contributed by atoms with E-state index in [9.17, 15) is 4.79 Å². The Morgan fingerprint density at radius 2 is 1.96 bits per heavy atom. The van der Waals surface area contributed by atoms with Gasteiger partial charge in [0, 0.05) is 24.5 Å². The van der Waals surface area contributed by atoms with Gasteiger partial charge in [0.25, 0.3) is 0 Å². The molecule has 6 nitrogen and oxygen atoms in total. The van der Waals surface area contributed by atoms with E-state index in [0.29, 0.717) is 6.54 Å². The summed E-state index contributed by atoms with van der Waals surface area (Å²) in [6.45, 7) is 0.452. The fourth-order valence-electron chi connectivity index (χ4n) is 6.01. The summed E-state index contributed by atoms with van der Waals surface area (Å²) in [5.74, 6) is 3.26. The first-order valence-corrected chi connectivity index (χ1v) is 9.78. The molecule has 2 N–H and O–H groups in total. The summed E-state index contributed by atoms with van der Waals surface area (Å²) in [7, 11) is 0. The van der Waals surface area contributed by atoms with E-state index in [1.54, 1.807) is 12.5 Å². The van der Waals surface area contributed by atoms with Crippen molar-refractivity contribution in [3.05, 3.63) is 42.6 Å². The van der Waals surface area contributed by atoms with Crippen LogP contribution < -0.4 is 10.6 Å². The average molecular weight is 354 g/mol. The van der Waals surface area contributed by atoms with Crippen LogP contribution in [-0.4, -0.2) is 27.9 Å². The maximum absolute atomic E-state index is 12.7. The van der Waals surface area contributed by atoms with Gasteiger partial charge in [0.1, 0.15) is 11.8 Å². The van der Waals surface area contributed by atoms with Crippen molar-refractivity contribution in [3.8, 4) is 0 Å². The molecule has 0 radical (unpaired) electrons. The molecule has 4 aliphatic rings. The molecule has 2 aromatic rings. The summed E-state index contributed by atoms with van der Waals surface area (Å²) in [6.07, 6.45) is 12.9. The normalized spacial score (nSPS) is 33.2. The van der Waals surface area contributed by atoms with E-state index < -0.39 is 0 Å². The van der Waals surface area contributed by atoms with Gasteiger partial charge in [-0.05, 0) is 74.5 Å². The lowest BCUT2D eigenvalue weighted by atomic mass is 9.53. The molecule has 4 saturated carbocycles. The quantitative estimate of drug-likeness (QED) is 0.865. The summed E-state index contributed by atoms with van der Waals surface area (Å²) >= 11 is 0. The second-order valence-corrected chi connectivity index (χ2v) is 8.55. The molecule has 1 atom stereocenters.